The summed E-state index contributed by atoms with van der Waals surface area (Å²) in [6.07, 6.45) is 0. The van der Waals surface area contributed by atoms with E-state index in [1.165, 1.54) is 0 Å². The third-order valence-electron chi connectivity index (χ3n) is 3.56. The van der Waals surface area contributed by atoms with E-state index in [0.29, 0.717) is 43.5 Å². The first-order valence-electron chi connectivity index (χ1n) is 7.18. The topological polar surface area (TPSA) is 61.9 Å². The van der Waals surface area contributed by atoms with Gasteiger partial charge >= 0.3 is 0 Å². The standard InChI is InChI=1S/C15H20ClN3O3/c1-17-14(20)10-18-6-8-19(9-7-18)15(21)11-22-13-5-3-2-4-12(13)16/h2-5H,6-11H2,1H3,(H,17,20). The molecule has 0 aromatic heterocycles. The number of likely N-dealkylation sites (N-methyl/N-ethyl adjacent to an activating group) is 1. The van der Waals surface area contributed by atoms with Crippen LogP contribution in [0.4, 0.5) is 0 Å². The number of rotatable bonds is 5. The Hall–Kier alpha value is -1.79. The summed E-state index contributed by atoms with van der Waals surface area (Å²) in [7, 11) is 1.62. The number of carbonyl (C=O) groups is 2. The number of hydrogen-bond acceptors (Lipinski definition) is 4. The molecule has 1 aliphatic heterocycles. The van der Waals surface area contributed by atoms with E-state index in [1.54, 1.807) is 24.1 Å². The number of nitrogens with zero attached hydrogens (tertiary/aromatic N) is 2. The summed E-state index contributed by atoms with van der Waals surface area (Å²) in [6, 6.07) is 7.07. The highest BCUT2D eigenvalue weighted by molar-refractivity contribution is 6.32. The van der Waals surface area contributed by atoms with E-state index in [9.17, 15) is 9.59 Å². The first-order chi connectivity index (χ1) is 10.6. The van der Waals surface area contributed by atoms with Crippen LogP contribution in [0.15, 0.2) is 24.3 Å². The summed E-state index contributed by atoms with van der Waals surface area (Å²) in [5.74, 6) is 0.428. The molecule has 0 aliphatic carbocycles. The van der Waals surface area contributed by atoms with E-state index in [2.05, 4.69) is 5.32 Å². The van der Waals surface area contributed by atoms with Gasteiger partial charge in [0.05, 0.1) is 11.6 Å². The Bertz CT molecular complexity index is 531. The molecular formula is C15H20ClN3O3. The molecule has 0 bridgehead atoms. The molecule has 2 amide bonds. The lowest BCUT2D eigenvalue weighted by molar-refractivity contribution is -0.135. The Morgan fingerprint density at radius 2 is 1.91 bits per heavy atom. The number of benzene rings is 1. The lowest BCUT2D eigenvalue weighted by Gasteiger charge is -2.34. The van der Waals surface area contributed by atoms with Crippen molar-refractivity contribution in [2.24, 2.45) is 0 Å². The van der Waals surface area contributed by atoms with Crippen LogP contribution in [-0.4, -0.2) is 68.0 Å². The molecule has 7 heteroatoms. The lowest BCUT2D eigenvalue weighted by Crippen LogP contribution is -2.51. The van der Waals surface area contributed by atoms with Crippen molar-refractivity contribution < 1.29 is 14.3 Å². The van der Waals surface area contributed by atoms with Gasteiger partial charge in [-0.3, -0.25) is 14.5 Å². The van der Waals surface area contributed by atoms with E-state index in [1.807, 2.05) is 17.0 Å². The molecule has 22 heavy (non-hydrogen) atoms. The van der Waals surface area contributed by atoms with Crippen molar-refractivity contribution in [1.82, 2.24) is 15.1 Å². The molecule has 0 unspecified atom stereocenters. The summed E-state index contributed by atoms with van der Waals surface area (Å²) in [5.41, 5.74) is 0. The Morgan fingerprint density at radius 1 is 1.23 bits per heavy atom. The fourth-order valence-corrected chi connectivity index (χ4v) is 2.42. The van der Waals surface area contributed by atoms with Crippen LogP contribution in [0.1, 0.15) is 0 Å². The predicted molar refractivity (Wildman–Crippen MR) is 84.0 cm³/mol. The minimum atomic E-state index is -0.0699. The summed E-state index contributed by atoms with van der Waals surface area (Å²) >= 11 is 5.98. The SMILES string of the molecule is CNC(=O)CN1CCN(C(=O)COc2ccccc2Cl)CC1. The Kier molecular flexibility index (Phi) is 6.03. The van der Waals surface area contributed by atoms with Crippen molar-refractivity contribution in [3.63, 3.8) is 0 Å². The highest BCUT2D eigenvalue weighted by atomic mass is 35.5. The van der Waals surface area contributed by atoms with Gasteiger partial charge in [-0.25, -0.2) is 0 Å². The number of nitrogens with one attached hydrogen (secondary N) is 1. The van der Waals surface area contributed by atoms with Crippen molar-refractivity contribution in [3.8, 4) is 5.75 Å². The molecule has 0 spiro atoms. The zero-order valence-corrected chi connectivity index (χ0v) is 13.3. The van der Waals surface area contributed by atoms with Crippen LogP contribution in [0.2, 0.25) is 5.02 Å². The molecule has 1 fully saturated rings. The van der Waals surface area contributed by atoms with Gasteiger partial charge in [0.15, 0.2) is 6.61 Å². The average Bonchev–Trinajstić information content (AvgIpc) is 2.54. The van der Waals surface area contributed by atoms with Gasteiger partial charge in [0, 0.05) is 33.2 Å². The molecule has 1 aliphatic rings. The molecule has 1 aromatic carbocycles. The maximum absolute atomic E-state index is 12.1. The number of halogens is 1. The number of piperazine rings is 1. The maximum Gasteiger partial charge on any atom is 0.260 e. The third-order valence-corrected chi connectivity index (χ3v) is 3.87. The smallest absolute Gasteiger partial charge is 0.260 e. The van der Waals surface area contributed by atoms with Crippen LogP contribution in [-0.2, 0) is 9.59 Å². The first kappa shape index (κ1) is 16.6. The van der Waals surface area contributed by atoms with E-state index in [0.717, 1.165) is 0 Å². The largest absolute Gasteiger partial charge is 0.482 e. The van der Waals surface area contributed by atoms with Gasteiger partial charge in [-0.1, -0.05) is 23.7 Å². The highest BCUT2D eigenvalue weighted by Crippen LogP contribution is 2.23. The number of hydrogen-bond donors (Lipinski definition) is 1. The number of carbonyl (C=O) groups excluding carboxylic acids is 2. The number of ether oxygens (including phenoxy) is 1. The molecule has 1 saturated heterocycles. The highest BCUT2D eigenvalue weighted by Gasteiger charge is 2.22. The molecule has 0 radical (unpaired) electrons. The van der Waals surface area contributed by atoms with Gasteiger partial charge in [0.1, 0.15) is 5.75 Å². The minimum absolute atomic E-state index is 0.0122. The van der Waals surface area contributed by atoms with Crippen molar-refractivity contribution in [2.75, 3.05) is 46.4 Å². The minimum Gasteiger partial charge on any atom is -0.482 e. The monoisotopic (exact) mass is 325 g/mol. The van der Waals surface area contributed by atoms with Gasteiger partial charge in [-0.05, 0) is 12.1 Å². The first-order valence-corrected chi connectivity index (χ1v) is 7.56. The molecule has 1 N–H and O–H groups in total. The van der Waals surface area contributed by atoms with Crippen molar-refractivity contribution >= 4 is 23.4 Å². The quantitative estimate of drug-likeness (QED) is 0.861. The molecular weight excluding hydrogens is 306 g/mol. The molecule has 0 atom stereocenters. The fraction of sp³-hybridized carbons (Fsp3) is 0.467. The molecule has 120 valence electrons. The van der Waals surface area contributed by atoms with E-state index in [-0.39, 0.29) is 18.4 Å². The van der Waals surface area contributed by atoms with Gasteiger partial charge in [-0.15, -0.1) is 0 Å². The normalized spacial score (nSPS) is 15.5. The maximum atomic E-state index is 12.1. The fourth-order valence-electron chi connectivity index (χ4n) is 2.23. The van der Waals surface area contributed by atoms with Gasteiger partial charge in [0.2, 0.25) is 5.91 Å². The van der Waals surface area contributed by atoms with E-state index < -0.39 is 0 Å². The summed E-state index contributed by atoms with van der Waals surface area (Å²) in [5, 5.41) is 3.09. The molecule has 1 heterocycles. The number of para-hydroxylation sites is 1. The Morgan fingerprint density at radius 3 is 2.55 bits per heavy atom. The van der Waals surface area contributed by atoms with Crippen LogP contribution in [0.25, 0.3) is 0 Å². The molecule has 2 rings (SSSR count). The van der Waals surface area contributed by atoms with Crippen LogP contribution in [0.3, 0.4) is 0 Å². The Balaban J connectivity index is 1.76. The predicted octanol–water partition coefficient (Wildman–Crippen LogP) is 0.609. The summed E-state index contributed by atoms with van der Waals surface area (Å²) in [4.78, 5) is 27.2. The summed E-state index contributed by atoms with van der Waals surface area (Å²) < 4.78 is 5.46. The summed E-state index contributed by atoms with van der Waals surface area (Å²) in [6.45, 7) is 2.91. The van der Waals surface area contributed by atoms with Crippen molar-refractivity contribution in [3.05, 3.63) is 29.3 Å². The van der Waals surface area contributed by atoms with Gasteiger partial charge in [-0.2, -0.15) is 0 Å². The van der Waals surface area contributed by atoms with Crippen LogP contribution in [0, 0.1) is 0 Å². The van der Waals surface area contributed by atoms with E-state index in [4.69, 9.17) is 16.3 Å². The third kappa shape index (κ3) is 4.61. The zero-order chi connectivity index (χ0) is 15.9. The van der Waals surface area contributed by atoms with Crippen LogP contribution >= 0.6 is 11.6 Å². The molecule has 6 nitrogen and oxygen atoms in total. The lowest BCUT2D eigenvalue weighted by atomic mass is 10.3. The van der Waals surface area contributed by atoms with Crippen molar-refractivity contribution in [1.29, 1.82) is 0 Å². The number of amides is 2. The van der Waals surface area contributed by atoms with Gasteiger partial charge < -0.3 is 15.0 Å². The molecule has 0 saturated carbocycles. The van der Waals surface area contributed by atoms with E-state index >= 15 is 0 Å². The van der Waals surface area contributed by atoms with Crippen molar-refractivity contribution in [2.45, 2.75) is 0 Å². The second kappa shape index (κ2) is 8.00. The van der Waals surface area contributed by atoms with Crippen LogP contribution < -0.4 is 10.1 Å². The Labute approximate surface area is 135 Å². The average molecular weight is 326 g/mol. The van der Waals surface area contributed by atoms with Crippen LogP contribution in [0.5, 0.6) is 5.75 Å². The molecule has 1 aromatic rings. The zero-order valence-electron chi connectivity index (χ0n) is 12.5. The second-order valence-corrected chi connectivity index (χ2v) is 5.46. The van der Waals surface area contributed by atoms with Gasteiger partial charge in [0.25, 0.3) is 5.91 Å². The second-order valence-electron chi connectivity index (χ2n) is 5.05.